The van der Waals surface area contributed by atoms with E-state index in [9.17, 15) is 4.79 Å². The van der Waals surface area contributed by atoms with E-state index >= 15 is 0 Å². The number of ether oxygens (including phenoxy) is 1. The highest BCUT2D eigenvalue weighted by molar-refractivity contribution is 5.87. The molecule has 1 amide bonds. The van der Waals surface area contributed by atoms with Gasteiger partial charge in [0.1, 0.15) is 0 Å². The second kappa shape index (κ2) is 10.1. The van der Waals surface area contributed by atoms with Gasteiger partial charge in [-0.2, -0.15) is 0 Å². The molecule has 1 unspecified atom stereocenters. The first kappa shape index (κ1) is 21.6. The van der Waals surface area contributed by atoms with Crippen LogP contribution in [0.5, 0.6) is 0 Å². The molecule has 0 bridgehead atoms. The fraction of sp³-hybridized carbons (Fsp3) is 0.654. The van der Waals surface area contributed by atoms with Crippen LogP contribution < -0.4 is 0 Å². The van der Waals surface area contributed by atoms with E-state index in [-0.39, 0.29) is 12.0 Å². The molecule has 2 saturated heterocycles. The number of hydrogen-bond acceptors (Lipinski definition) is 3. The van der Waals surface area contributed by atoms with Crippen molar-refractivity contribution in [2.24, 2.45) is 11.8 Å². The van der Waals surface area contributed by atoms with E-state index in [1.165, 1.54) is 36.8 Å². The smallest absolute Gasteiger partial charge is 0.246 e. The van der Waals surface area contributed by atoms with Crippen LogP contribution in [-0.4, -0.2) is 60.6 Å². The fourth-order valence-corrected chi connectivity index (χ4v) is 5.27. The zero-order valence-corrected chi connectivity index (χ0v) is 18.8. The molecule has 2 aliphatic heterocycles. The third-order valence-electron chi connectivity index (χ3n) is 7.06. The number of likely N-dealkylation sites (tertiary alicyclic amines) is 1. The van der Waals surface area contributed by atoms with Gasteiger partial charge in [-0.25, -0.2) is 0 Å². The zero-order chi connectivity index (χ0) is 20.9. The first-order valence-electron chi connectivity index (χ1n) is 12.0. The van der Waals surface area contributed by atoms with Gasteiger partial charge >= 0.3 is 0 Å². The van der Waals surface area contributed by atoms with Crippen LogP contribution in [0.2, 0.25) is 0 Å². The lowest BCUT2D eigenvalue weighted by Gasteiger charge is -2.38. The molecule has 2 fully saturated rings. The van der Waals surface area contributed by atoms with Gasteiger partial charge < -0.3 is 9.64 Å². The van der Waals surface area contributed by atoms with Gasteiger partial charge in [0, 0.05) is 25.7 Å². The van der Waals surface area contributed by atoms with Crippen molar-refractivity contribution in [2.75, 3.05) is 32.8 Å². The minimum absolute atomic E-state index is 0.160. The standard InChI is InChI=1S/C26H38N2O2/c1-20(2)9-10-26(29)28(19-25-8-5-15-30-25)18-21-11-13-27(14-12-21)24-16-22-6-3-4-7-23(22)17-24/h3-4,6-7,9-10,20-21,24-25H,5,8,11-19H2,1-2H3. The molecular formula is C26H38N2O2. The molecule has 1 atom stereocenters. The molecule has 1 aromatic rings. The molecule has 4 nitrogen and oxygen atoms in total. The minimum atomic E-state index is 0.160. The maximum atomic E-state index is 12.9. The Labute approximate surface area is 182 Å². The van der Waals surface area contributed by atoms with Crippen LogP contribution in [0.3, 0.4) is 0 Å². The molecule has 0 N–H and O–H groups in total. The second-order valence-corrected chi connectivity index (χ2v) is 9.79. The molecule has 3 aliphatic rings. The lowest BCUT2D eigenvalue weighted by molar-refractivity contribution is -0.128. The highest BCUT2D eigenvalue weighted by Crippen LogP contribution is 2.29. The fourth-order valence-electron chi connectivity index (χ4n) is 5.27. The molecule has 0 radical (unpaired) electrons. The minimum Gasteiger partial charge on any atom is -0.376 e. The molecule has 0 aromatic heterocycles. The monoisotopic (exact) mass is 410 g/mol. The Morgan fingerprint density at radius 1 is 1.13 bits per heavy atom. The van der Waals surface area contributed by atoms with E-state index in [1.807, 2.05) is 6.08 Å². The maximum absolute atomic E-state index is 12.9. The Bertz CT molecular complexity index is 705. The number of hydrogen-bond donors (Lipinski definition) is 0. The van der Waals surface area contributed by atoms with Crippen LogP contribution in [0.1, 0.15) is 50.7 Å². The molecular weight excluding hydrogens is 372 g/mol. The summed E-state index contributed by atoms with van der Waals surface area (Å²) in [7, 11) is 0. The molecule has 0 saturated carbocycles. The molecule has 0 spiro atoms. The van der Waals surface area contributed by atoms with Crippen LogP contribution in [0.25, 0.3) is 0 Å². The van der Waals surface area contributed by atoms with Crippen LogP contribution in [-0.2, 0) is 22.4 Å². The third kappa shape index (κ3) is 5.53. The molecule has 1 aliphatic carbocycles. The number of fused-ring (bicyclic) bond motifs is 1. The summed E-state index contributed by atoms with van der Waals surface area (Å²) in [6, 6.07) is 9.59. The number of rotatable bonds is 7. The Balaban J connectivity index is 1.30. The summed E-state index contributed by atoms with van der Waals surface area (Å²) in [6.45, 7) is 9.02. The molecule has 4 heteroatoms. The van der Waals surface area contributed by atoms with Gasteiger partial charge in [-0.15, -0.1) is 0 Å². The normalized spacial score (nSPS) is 23.5. The van der Waals surface area contributed by atoms with E-state index < -0.39 is 0 Å². The van der Waals surface area contributed by atoms with Crippen molar-refractivity contribution >= 4 is 5.91 Å². The number of benzene rings is 1. The van der Waals surface area contributed by atoms with Crippen molar-refractivity contribution in [1.82, 2.24) is 9.80 Å². The lowest BCUT2D eigenvalue weighted by Crippen LogP contribution is -2.46. The van der Waals surface area contributed by atoms with Crippen LogP contribution >= 0.6 is 0 Å². The zero-order valence-electron chi connectivity index (χ0n) is 18.8. The number of allylic oxidation sites excluding steroid dienone is 1. The number of carbonyl (C=O) groups excluding carboxylic acids is 1. The van der Waals surface area contributed by atoms with Crippen molar-refractivity contribution in [3.63, 3.8) is 0 Å². The summed E-state index contributed by atoms with van der Waals surface area (Å²) < 4.78 is 5.84. The summed E-state index contributed by atoms with van der Waals surface area (Å²) >= 11 is 0. The largest absolute Gasteiger partial charge is 0.376 e. The number of carbonyl (C=O) groups is 1. The van der Waals surface area contributed by atoms with Gasteiger partial charge in [-0.05, 0) is 80.7 Å². The van der Waals surface area contributed by atoms with Gasteiger partial charge in [-0.1, -0.05) is 44.2 Å². The first-order valence-corrected chi connectivity index (χ1v) is 12.0. The highest BCUT2D eigenvalue weighted by Gasteiger charge is 2.31. The van der Waals surface area contributed by atoms with Crippen LogP contribution in [0.4, 0.5) is 0 Å². The third-order valence-corrected chi connectivity index (χ3v) is 7.06. The van der Waals surface area contributed by atoms with Gasteiger partial charge in [0.15, 0.2) is 0 Å². The second-order valence-electron chi connectivity index (χ2n) is 9.79. The Hall–Kier alpha value is -1.65. The topological polar surface area (TPSA) is 32.8 Å². The molecule has 164 valence electrons. The maximum Gasteiger partial charge on any atom is 0.246 e. The average molecular weight is 411 g/mol. The Morgan fingerprint density at radius 2 is 1.83 bits per heavy atom. The van der Waals surface area contributed by atoms with Crippen molar-refractivity contribution < 1.29 is 9.53 Å². The van der Waals surface area contributed by atoms with Crippen molar-refractivity contribution in [1.29, 1.82) is 0 Å². The summed E-state index contributed by atoms with van der Waals surface area (Å²) in [6.07, 6.45) is 11.0. The molecule has 2 heterocycles. The van der Waals surface area contributed by atoms with Crippen molar-refractivity contribution in [2.45, 2.75) is 64.5 Å². The number of nitrogens with zero attached hydrogens (tertiary/aromatic N) is 2. The lowest BCUT2D eigenvalue weighted by atomic mass is 9.94. The van der Waals surface area contributed by atoms with E-state index in [0.717, 1.165) is 45.6 Å². The summed E-state index contributed by atoms with van der Waals surface area (Å²) in [4.78, 5) is 17.6. The predicted octanol–water partition coefficient (Wildman–Crippen LogP) is 4.09. The highest BCUT2D eigenvalue weighted by atomic mass is 16.5. The van der Waals surface area contributed by atoms with Crippen LogP contribution in [0.15, 0.2) is 36.4 Å². The quantitative estimate of drug-likeness (QED) is 0.635. The van der Waals surface area contributed by atoms with Gasteiger partial charge in [0.2, 0.25) is 5.91 Å². The van der Waals surface area contributed by atoms with Crippen molar-refractivity contribution in [3.8, 4) is 0 Å². The average Bonchev–Trinajstić information content (AvgIpc) is 3.41. The molecule has 4 rings (SSSR count). The van der Waals surface area contributed by atoms with E-state index in [1.54, 1.807) is 6.08 Å². The van der Waals surface area contributed by atoms with Crippen LogP contribution in [0, 0.1) is 11.8 Å². The van der Waals surface area contributed by atoms with Gasteiger partial charge in [-0.3, -0.25) is 9.69 Å². The SMILES string of the molecule is CC(C)C=CC(=O)N(CC1CCN(C2Cc3ccccc3C2)CC1)CC1CCCO1. The summed E-state index contributed by atoms with van der Waals surface area (Å²) in [5, 5.41) is 0. The van der Waals surface area contributed by atoms with Gasteiger partial charge in [0.25, 0.3) is 0 Å². The molecule has 1 aromatic carbocycles. The summed E-state index contributed by atoms with van der Waals surface area (Å²) in [5.74, 6) is 1.16. The number of amides is 1. The van der Waals surface area contributed by atoms with E-state index in [4.69, 9.17) is 4.74 Å². The Morgan fingerprint density at radius 3 is 2.43 bits per heavy atom. The first-order chi connectivity index (χ1) is 14.6. The number of piperidine rings is 1. The van der Waals surface area contributed by atoms with Crippen molar-refractivity contribution in [3.05, 3.63) is 47.5 Å². The Kier molecular flexibility index (Phi) is 7.27. The van der Waals surface area contributed by atoms with E-state index in [0.29, 0.717) is 17.9 Å². The van der Waals surface area contributed by atoms with Gasteiger partial charge in [0.05, 0.1) is 6.10 Å². The molecule has 30 heavy (non-hydrogen) atoms. The van der Waals surface area contributed by atoms with E-state index in [2.05, 4.69) is 47.9 Å². The predicted molar refractivity (Wildman–Crippen MR) is 121 cm³/mol. The summed E-state index contributed by atoms with van der Waals surface area (Å²) in [5.41, 5.74) is 3.07.